The predicted octanol–water partition coefficient (Wildman–Crippen LogP) is 6.25. The number of rotatable bonds is 47. The number of Topliss-reactive ketones (excluding diaryl/α,β-unsaturated/α-hetero) is 1. The maximum absolute atomic E-state index is 15.1. The van der Waals surface area contributed by atoms with Gasteiger partial charge in [0.1, 0.15) is 30.8 Å². The maximum Gasteiger partial charge on any atom is 0.409 e. The summed E-state index contributed by atoms with van der Waals surface area (Å²) in [5.41, 5.74) is 8.01. The first kappa shape index (κ1) is 95.6. The number of aliphatic carboxylic acids is 1. The molecule has 2 saturated heterocycles. The van der Waals surface area contributed by atoms with Crippen molar-refractivity contribution >= 4 is 101 Å². The van der Waals surface area contributed by atoms with E-state index in [1.165, 1.54) is 59.7 Å². The van der Waals surface area contributed by atoms with E-state index in [9.17, 15) is 67.4 Å². The number of hydrogen-bond acceptors (Lipinski definition) is 20. The number of likely N-dealkylation sites (tertiary alicyclic amines) is 2. The Morgan fingerprint density at radius 3 is 1.96 bits per heavy atom. The van der Waals surface area contributed by atoms with E-state index in [0.717, 1.165) is 24.0 Å². The van der Waals surface area contributed by atoms with Crippen molar-refractivity contribution in [1.29, 1.82) is 0 Å². The number of nitrogens with one attached hydrogen (secondary N) is 6. The highest BCUT2D eigenvalue weighted by molar-refractivity contribution is 8.00. The molecule has 3 aliphatic rings. The van der Waals surface area contributed by atoms with Gasteiger partial charge in [0, 0.05) is 97.8 Å². The summed E-state index contributed by atoms with van der Waals surface area (Å²) in [6.45, 7) is 19.9. The highest BCUT2D eigenvalue weighted by Gasteiger charge is 2.49. The van der Waals surface area contributed by atoms with E-state index in [1.54, 1.807) is 63.1 Å². The molecule has 5 rings (SSSR count). The molecule has 2 aliphatic heterocycles. The van der Waals surface area contributed by atoms with Crippen LogP contribution < -0.4 is 37.6 Å². The molecule has 32 nitrogen and oxygen atoms in total. The summed E-state index contributed by atoms with van der Waals surface area (Å²) in [7, 11) is 11.1. The molecule has 0 radical (unpaired) electrons. The average Bonchev–Trinajstić information content (AvgIpc) is 1.60. The van der Waals surface area contributed by atoms with Crippen LogP contribution in [0.25, 0.3) is 0 Å². The van der Waals surface area contributed by atoms with Crippen LogP contribution in [0.15, 0.2) is 42.5 Å². The van der Waals surface area contributed by atoms with Gasteiger partial charge in [0.2, 0.25) is 53.2 Å². The van der Waals surface area contributed by atoms with Gasteiger partial charge in [-0.05, 0) is 119 Å². The molecule has 3 fully saturated rings. The Balaban J connectivity index is 1.18. The van der Waals surface area contributed by atoms with Crippen LogP contribution in [-0.4, -0.2) is 272 Å². The van der Waals surface area contributed by atoms with Crippen molar-refractivity contribution in [3.8, 4) is 0 Å². The average molecular weight is 1620 g/mol. The van der Waals surface area contributed by atoms with Crippen molar-refractivity contribution in [3.63, 3.8) is 0 Å². The molecule has 114 heavy (non-hydrogen) atoms. The van der Waals surface area contributed by atoms with Crippen LogP contribution in [0.3, 0.4) is 0 Å². The zero-order chi connectivity index (χ0) is 85.2. The Hall–Kier alpha value is -8.95. The number of urea groups is 1. The van der Waals surface area contributed by atoms with Gasteiger partial charge in [0.05, 0.1) is 67.4 Å². The molecule has 3 unspecified atom stereocenters. The summed E-state index contributed by atoms with van der Waals surface area (Å²) in [5, 5.41) is 25.3. The number of anilines is 1. The van der Waals surface area contributed by atoms with E-state index < -0.39 is 125 Å². The standard InChI is InChI=1S/C81H127N13O19S/c1-19-51(9)70(92(16)77(106)68(48(4)5)88-75(104)69(49(6)7)89(12)13)61(110-17)40-64(97)94-44-56(39-59(94)71(111-18)53(11)72(101)84-43-60(95)57-31-26-50(8)38-52(57)10)113-80(109)91(15)37-36-90(14)79(108)112-45-54-27-29-55(30-28-54)85-73(102)58(24-23-34-83-78(82)107)86-74(103)67(47(2)3)87-63(96)25-21-20-22-35-93-65(98)41-62(76(93)105)114-46-81(32-33-81)42-66(99)100/h26-31,38,47-49,51,53,56,58-59,61-62,67-71H,19-25,32-37,39-46H2,1-18H3,(H,84,101)(H,85,102)(H,86,103)(H,87,96)(H,88,104)(H,99,100)(H3,82,83,107)/t51-,53+,56-,58?,59-,61+,62?,67-,68-,69-,70?,71+/m0/s1. The van der Waals surface area contributed by atoms with Crippen LogP contribution in [0, 0.1) is 48.9 Å². The molecule has 0 aromatic heterocycles. The fourth-order valence-corrected chi connectivity index (χ4v) is 16.1. The van der Waals surface area contributed by atoms with Gasteiger partial charge in [-0.2, -0.15) is 0 Å². The van der Waals surface area contributed by atoms with Crippen molar-refractivity contribution in [2.24, 2.45) is 40.7 Å². The first-order valence-corrected chi connectivity index (χ1v) is 40.7. The first-order chi connectivity index (χ1) is 53.7. The Morgan fingerprint density at radius 2 is 1.39 bits per heavy atom. The van der Waals surface area contributed by atoms with E-state index >= 15 is 4.79 Å². The second kappa shape index (κ2) is 45.4. The second-order valence-corrected chi connectivity index (χ2v) is 33.3. The number of amides is 13. The molecule has 2 heterocycles. The van der Waals surface area contributed by atoms with Gasteiger partial charge in [-0.3, -0.25) is 62.5 Å². The van der Waals surface area contributed by atoms with Crippen LogP contribution in [0.5, 0.6) is 0 Å². The lowest BCUT2D eigenvalue weighted by atomic mass is 9.89. The van der Waals surface area contributed by atoms with E-state index in [1.807, 2.05) is 86.5 Å². The number of thioether (sulfide) groups is 1. The summed E-state index contributed by atoms with van der Waals surface area (Å²) >= 11 is 1.34. The third kappa shape index (κ3) is 28.5. The summed E-state index contributed by atoms with van der Waals surface area (Å²) < 4.78 is 23.9. The highest BCUT2D eigenvalue weighted by Crippen LogP contribution is 2.52. The van der Waals surface area contributed by atoms with Crippen LogP contribution in [0.4, 0.5) is 20.1 Å². The number of methoxy groups -OCH3 is 2. The van der Waals surface area contributed by atoms with Gasteiger partial charge < -0.3 is 81.3 Å². The number of primary amides is 1. The minimum Gasteiger partial charge on any atom is -0.481 e. The lowest BCUT2D eigenvalue weighted by Crippen LogP contribution is -2.59. The SMILES string of the molecule is CC[C@H](C)C([C@@H](CC(=O)N1C[C@@H](OC(=O)N(C)CCN(C)C(=O)OCc2ccc(NC(=O)C(CCCNC(N)=O)NC(=O)[C@@H](NC(=O)CCCCCN3C(=O)CC(SCC4(CC(=O)O)CC4)C3=O)C(C)C)cc2)C[C@H]1[C@H](OC)[C@@H](C)C(=O)NCC(=O)c1ccc(C)cc1C)OC)N(C)C(=O)[C@@H](NC(=O)[C@H](C(C)C)N(C)C)C(C)C. The van der Waals surface area contributed by atoms with Crippen LogP contribution in [0.2, 0.25) is 0 Å². The smallest absolute Gasteiger partial charge is 0.409 e. The number of nitrogens with zero attached hydrogens (tertiary/aromatic N) is 6. The molecule has 2 aromatic carbocycles. The topological polar surface area (TPSA) is 414 Å². The number of ketones is 1. The Bertz CT molecular complexity index is 3640. The van der Waals surface area contributed by atoms with Crippen molar-refractivity contribution in [2.45, 2.75) is 226 Å². The largest absolute Gasteiger partial charge is 0.481 e. The zero-order valence-electron chi connectivity index (χ0n) is 70.0. The lowest BCUT2D eigenvalue weighted by molar-refractivity contribution is -0.148. The molecule has 0 bridgehead atoms. The summed E-state index contributed by atoms with van der Waals surface area (Å²) in [6, 6.07) is 5.86. The van der Waals surface area contributed by atoms with Gasteiger partial charge in [-0.15, -0.1) is 11.8 Å². The number of carbonyl (C=O) groups excluding carboxylic acids is 13. The third-order valence-electron chi connectivity index (χ3n) is 21.7. The fraction of sp³-hybridized carbons (Fsp3) is 0.679. The van der Waals surface area contributed by atoms with Crippen molar-refractivity contribution < 1.29 is 91.2 Å². The lowest BCUT2D eigenvalue weighted by Gasteiger charge is -2.41. The number of unbranched alkanes of at least 4 members (excludes halogenated alkanes) is 2. The number of carboxylic acid groups (broad SMARTS) is 1. The Kier molecular flexibility index (Phi) is 38.1. The molecule has 12 atom stereocenters. The summed E-state index contributed by atoms with van der Waals surface area (Å²) in [6.07, 6.45) is -0.614. The monoisotopic (exact) mass is 1620 g/mol. The Morgan fingerprint density at radius 1 is 0.737 bits per heavy atom. The van der Waals surface area contributed by atoms with Crippen molar-refractivity contribution in [1.82, 2.24) is 56.0 Å². The van der Waals surface area contributed by atoms with Gasteiger partial charge in [0.15, 0.2) is 5.78 Å². The maximum atomic E-state index is 15.1. The number of imide groups is 1. The molecular formula is C81H127N13O19S. The van der Waals surface area contributed by atoms with Crippen LogP contribution >= 0.6 is 11.8 Å². The molecule has 636 valence electrons. The van der Waals surface area contributed by atoms with Crippen LogP contribution in [-0.2, 0) is 73.5 Å². The molecule has 1 aliphatic carbocycles. The number of carboxylic acids is 1. The number of ether oxygens (including phenoxy) is 4. The summed E-state index contributed by atoms with van der Waals surface area (Å²) in [5.74, 6) is -6.47. The molecule has 0 spiro atoms. The van der Waals surface area contributed by atoms with Crippen molar-refractivity contribution in [3.05, 3.63) is 64.7 Å². The number of aryl methyl sites for hydroxylation is 2. The van der Waals surface area contributed by atoms with Gasteiger partial charge in [0.25, 0.3) is 0 Å². The number of carbonyl (C=O) groups is 14. The fourth-order valence-electron chi connectivity index (χ4n) is 14.6. The Labute approximate surface area is 675 Å². The molecule has 9 N–H and O–H groups in total. The minimum absolute atomic E-state index is 0.0120. The molecule has 33 heteroatoms. The van der Waals surface area contributed by atoms with Gasteiger partial charge in [-0.1, -0.05) is 111 Å². The predicted molar refractivity (Wildman–Crippen MR) is 430 cm³/mol. The highest BCUT2D eigenvalue weighted by atomic mass is 32.2. The normalized spacial score (nSPS) is 18.2. The van der Waals surface area contributed by atoms with E-state index in [0.29, 0.717) is 48.3 Å². The molecule has 1 saturated carbocycles. The molecule has 2 aromatic rings. The van der Waals surface area contributed by atoms with E-state index in [-0.39, 0.29) is 143 Å². The second-order valence-electron chi connectivity index (χ2n) is 32.1. The van der Waals surface area contributed by atoms with E-state index in [2.05, 4.69) is 31.9 Å². The third-order valence-corrected chi connectivity index (χ3v) is 23.3. The quantitative estimate of drug-likeness (QED) is 0.0206. The number of nitrogens with two attached hydrogens (primary N) is 1. The summed E-state index contributed by atoms with van der Waals surface area (Å²) in [4.78, 5) is 197. The van der Waals surface area contributed by atoms with E-state index in [4.69, 9.17) is 24.7 Å². The van der Waals surface area contributed by atoms with Crippen molar-refractivity contribution in [2.75, 3.05) is 99.8 Å². The number of benzene rings is 2. The molecule has 13 amide bonds. The number of likely N-dealkylation sites (N-methyl/N-ethyl adjacent to an activating group) is 4. The zero-order valence-corrected chi connectivity index (χ0v) is 70.8. The van der Waals surface area contributed by atoms with Gasteiger partial charge >= 0.3 is 24.2 Å². The van der Waals surface area contributed by atoms with Gasteiger partial charge in [-0.25, -0.2) is 14.4 Å². The van der Waals surface area contributed by atoms with Crippen LogP contribution in [0.1, 0.15) is 173 Å². The minimum atomic E-state index is -1.14. The number of hydrogen-bond donors (Lipinski definition) is 8. The first-order valence-electron chi connectivity index (χ1n) is 39.6. The molecular weight excluding hydrogens is 1490 g/mol.